The maximum Gasteiger partial charge on any atom is 0.494 e. The van der Waals surface area contributed by atoms with Gasteiger partial charge in [0.15, 0.2) is 5.78 Å². The Morgan fingerprint density at radius 1 is 0.933 bits per heavy atom. The van der Waals surface area contributed by atoms with Crippen LogP contribution in [0.5, 0.6) is 0 Å². The van der Waals surface area contributed by atoms with E-state index in [1.54, 1.807) is 0 Å². The van der Waals surface area contributed by atoms with Gasteiger partial charge in [-0.05, 0) is 45.6 Å². The van der Waals surface area contributed by atoms with Crippen LogP contribution in [0.4, 0.5) is 0 Å². The lowest BCUT2D eigenvalue weighted by Crippen LogP contribution is -2.41. The number of hydrogen-bond donors (Lipinski definition) is 0. The van der Waals surface area contributed by atoms with E-state index in [1.807, 2.05) is 76.2 Å². The minimum atomic E-state index is -0.436. The Kier molecular flexibility index (Phi) is 5.37. The van der Waals surface area contributed by atoms with E-state index in [0.29, 0.717) is 11.1 Å². The predicted molar refractivity (Wildman–Crippen MR) is 120 cm³/mol. The highest BCUT2D eigenvalue weighted by Crippen LogP contribution is 2.36. The molecule has 0 atom stereocenters. The number of ketones is 1. The fraction of sp³-hybridized carbons (Fsp3) is 0.400. The van der Waals surface area contributed by atoms with Gasteiger partial charge in [0.05, 0.1) is 16.8 Å². The molecule has 5 heteroatoms. The third-order valence-corrected chi connectivity index (χ3v) is 6.35. The average Bonchev–Trinajstić information content (AvgIpc) is 3.19. The highest BCUT2D eigenvalue weighted by Gasteiger charge is 2.51. The predicted octanol–water partition coefficient (Wildman–Crippen LogP) is 5.31. The molecule has 1 aliphatic rings. The quantitative estimate of drug-likeness (QED) is 0.413. The second kappa shape index (κ2) is 7.71. The third kappa shape index (κ3) is 3.61. The van der Waals surface area contributed by atoms with Crippen LogP contribution in [0.25, 0.3) is 11.0 Å². The van der Waals surface area contributed by atoms with Crippen LogP contribution in [0.15, 0.2) is 52.9 Å². The van der Waals surface area contributed by atoms with Crippen molar-refractivity contribution in [3.05, 3.63) is 65.4 Å². The molecule has 1 fully saturated rings. The van der Waals surface area contributed by atoms with Gasteiger partial charge in [0.25, 0.3) is 0 Å². The molecular formula is C25H29BO4. The number of fused-ring (bicyclic) bond motifs is 1. The Bertz CT molecular complexity index is 1050. The Labute approximate surface area is 178 Å². The van der Waals surface area contributed by atoms with E-state index >= 15 is 0 Å². The summed E-state index contributed by atoms with van der Waals surface area (Å²) in [5, 5.41) is 0.878. The van der Waals surface area contributed by atoms with Gasteiger partial charge in [-0.2, -0.15) is 0 Å². The number of rotatable bonds is 6. The number of unbranched alkanes of at least 4 members (excludes halogenated alkanes) is 1. The van der Waals surface area contributed by atoms with Crippen molar-refractivity contribution in [2.75, 3.05) is 0 Å². The number of carbonyl (C=O) groups is 1. The standard InChI is InChI=1S/C25H29BO4/c1-6-7-11-21-22(19-10-8-9-12-20(19)28-21)23(27)17-13-15-18(16-14-17)26-29-24(2,3)25(4,5)30-26/h8-10,12-16H,6-7,11H2,1-5H3. The van der Waals surface area contributed by atoms with Crippen LogP contribution in [0.2, 0.25) is 0 Å². The smallest absolute Gasteiger partial charge is 0.460 e. The van der Waals surface area contributed by atoms with E-state index < -0.39 is 18.3 Å². The van der Waals surface area contributed by atoms with Crippen molar-refractivity contribution in [3.8, 4) is 0 Å². The van der Waals surface area contributed by atoms with Gasteiger partial charge in [0.2, 0.25) is 0 Å². The van der Waals surface area contributed by atoms with Crippen molar-refractivity contribution in [3.63, 3.8) is 0 Å². The zero-order valence-electron chi connectivity index (χ0n) is 18.5. The van der Waals surface area contributed by atoms with E-state index in [0.717, 1.165) is 41.5 Å². The van der Waals surface area contributed by atoms with Gasteiger partial charge < -0.3 is 13.7 Å². The molecule has 30 heavy (non-hydrogen) atoms. The van der Waals surface area contributed by atoms with Gasteiger partial charge in [-0.1, -0.05) is 55.8 Å². The van der Waals surface area contributed by atoms with Crippen LogP contribution >= 0.6 is 0 Å². The first kappa shape index (κ1) is 20.9. The van der Waals surface area contributed by atoms with Crippen molar-refractivity contribution in [1.29, 1.82) is 0 Å². The average molecular weight is 404 g/mol. The Morgan fingerprint density at radius 2 is 1.57 bits per heavy atom. The molecule has 3 aromatic rings. The number of aryl methyl sites for hydroxylation is 1. The van der Waals surface area contributed by atoms with Gasteiger partial charge >= 0.3 is 7.12 Å². The minimum absolute atomic E-state index is 0.00785. The zero-order chi connectivity index (χ0) is 21.5. The molecule has 4 nitrogen and oxygen atoms in total. The molecule has 0 amide bonds. The largest absolute Gasteiger partial charge is 0.494 e. The van der Waals surface area contributed by atoms with Gasteiger partial charge in [-0.25, -0.2) is 0 Å². The van der Waals surface area contributed by atoms with Gasteiger partial charge in [-0.3, -0.25) is 4.79 Å². The molecule has 0 bridgehead atoms. The van der Waals surface area contributed by atoms with Crippen LogP contribution in [0.1, 0.15) is 69.1 Å². The van der Waals surface area contributed by atoms with Crippen LogP contribution in [-0.4, -0.2) is 24.1 Å². The summed E-state index contributed by atoms with van der Waals surface area (Å²) in [5.74, 6) is 0.768. The van der Waals surface area contributed by atoms with Gasteiger partial charge in [0.1, 0.15) is 11.3 Å². The molecule has 0 N–H and O–H groups in total. The van der Waals surface area contributed by atoms with Crippen molar-refractivity contribution in [2.24, 2.45) is 0 Å². The van der Waals surface area contributed by atoms with E-state index in [1.165, 1.54) is 0 Å². The highest BCUT2D eigenvalue weighted by atomic mass is 16.7. The Balaban J connectivity index is 1.64. The highest BCUT2D eigenvalue weighted by molar-refractivity contribution is 6.62. The lowest BCUT2D eigenvalue weighted by Gasteiger charge is -2.32. The fourth-order valence-corrected chi connectivity index (χ4v) is 3.77. The fourth-order valence-electron chi connectivity index (χ4n) is 3.77. The maximum atomic E-state index is 13.4. The molecule has 2 heterocycles. The summed E-state index contributed by atoms with van der Waals surface area (Å²) in [5.41, 5.74) is 2.21. The van der Waals surface area contributed by atoms with Gasteiger partial charge in [0, 0.05) is 17.4 Å². The normalized spacial score (nSPS) is 17.6. The van der Waals surface area contributed by atoms with E-state index in [-0.39, 0.29) is 5.78 Å². The second-order valence-electron chi connectivity index (χ2n) is 9.04. The summed E-state index contributed by atoms with van der Waals surface area (Å²) in [4.78, 5) is 13.4. The van der Waals surface area contributed by atoms with Crippen molar-refractivity contribution >= 4 is 29.3 Å². The first-order valence-corrected chi connectivity index (χ1v) is 10.7. The molecular weight excluding hydrogens is 375 g/mol. The van der Waals surface area contributed by atoms with E-state index in [2.05, 4.69) is 6.92 Å². The molecule has 0 unspecified atom stereocenters. The zero-order valence-corrected chi connectivity index (χ0v) is 18.5. The summed E-state index contributed by atoms with van der Waals surface area (Å²) in [6.07, 6.45) is 2.80. The molecule has 1 aliphatic heterocycles. The van der Waals surface area contributed by atoms with Gasteiger partial charge in [-0.15, -0.1) is 0 Å². The summed E-state index contributed by atoms with van der Waals surface area (Å²) in [6, 6.07) is 15.3. The third-order valence-electron chi connectivity index (χ3n) is 6.35. The van der Waals surface area contributed by atoms with Crippen molar-refractivity contribution in [1.82, 2.24) is 0 Å². The summed E-state index contributed by atoms with van der Waals surface area (Å²) in [6.45, 7) is 10.3. The molecule has 156 valence electrons. The van der Waals surface area contributed by atoms with Crippen LogP contribution in [0, 0.1) is 0 Å². The first-order chi connectivity index (χ1) is 14.2. The van der Waals surface area contributed by atoms with Crippen molar-refractivity contribution < 1.29 is 18.5 Å². The SMILES string of the molecule is CCCCc1oc2ccccc2c1C(=O)c1ccc(B2OC(C)(C)C(C)(C)O2)cc1. The van der Waals surface area contributed by atoms with Crippen LogP contribution in [0.3, 0.4) is 0 Å². The molecule has 0 aliphatic carbocycles. The molecule has 1 aromatic heterocycles. The van der Waals surface area contributed by atoms with Crippen molar-refractivity contribution in [2.45, 2.75) is 65.1 Å². The molecule has 4 rings (SSSR count). The summed E-state index contributed by atoms with van der Waals surface area (Å²) < 4.78 is 18.3. The van der Waals surface area contributed by atoms with Crippen LogP contribution in [-0.2, 0) is 15.7 Å². The van der Waals surface area contributed by atoms with E-state index in [4.69, 9.17) is 13.7 Å². The maximum absolute atomic E-state index is 13.4. The van der Waals surface area contributed by atoms with Crippen LogP contribution < -0.4 is 5.46 Å². The first-order valence-electron chi connectivity index (χ1n) is 10.7. The molecule has 0 spiro atoms. The number of para-hydroxylation sites is 1. The summed E-state index contributed by atoms with van der Waals surface area (Å²) >= 11 is 0. The Morgan fingerprint density at radius 3 is 2.20 bits per heavy atom. The minimum Gasteiger partial charge on any atom is -0.460 e. The lowest BCUT2D eigenvalue weighted by molar-refractivity contribution is 0.00578. The Hall–Kier alpha value is -2.37. The molecule has 1 saturated heterocycles. The topological polar surface area (TPSA) is 48.7 Å². The monoisotopic (exact) mass is 404 g/mol. The number of carbonyl (C=O) groups excluding carboxylic acids is 1. The number of furan rings is 1. The molecule has 0 saturated carbocycles. The van der Waals surface area contributed by atoms with E-state index in [9.17, 15) is 4.79 Å². The second-order valence-corrected chi connectivity index (χ2v) is 9.04. The lowest BCUT2D eigenvalue weighted by atomic mass is 9.78. The molecule has 2 aromatic carbocycles. The number of hydrogen-bond acceptors (Lipinski definition) is 4. The number of benzene rings is 2. The summed E-state index contributed by atoms with van der Waals surface area (Å²) in [7, 11) is -0.436. The molecule has 0 radical (unpaired) electrons.